The highest BCUT2D eigenvalue weighted by atomic mass is 16.6. The maximum absolute atomic E-state index is 12.8. The summed E-state index contributed by atoms with van der Waals surface area (Å²) in [5, 5.41) is 0. The van der Waals surface area contributed by atoms with Gasteiger partial charge in [0.05, 0.1) is 0 Å². The van der Waals surface area contributed by atoms with Crippen LogP contribution in [-0.4, -0.2) is 37.2 Å². The normalized spacial score (nSPS) is 13.1. The number of esters is 3. The van der Waals surface area contributed by atoms with Crippen LogP contribution in [0.1, 0.15) is 194 Å². The van der Waals surface area contributed by atoms with E-state index < -0.39 is 6.10 Å². The maximum atomic E-state index is 12.8. The third-order valence-electron chi connectivity index (χ3n) is 9.68. The lowest BCUT2D eigenvalue weighted by Crippen LogP contribution is -2.30. The topological polar surface area (TPSA) is 78.9 Å². The lowest BCUT2D eigenvalue weighted by Gasteiger charge is -2.18. The number of unbranched alkanes of at least 4 members (excludes halogenated alkanes) is 18. The van der Waals surface area contributed by atoms with Gasteiger partial charge in [-0.05, 0) is 83.5 Å². The molecule has 0 saturated carbocycles. The first-order valence-electron chi connectivity index (χ1n) is 24.0. The molecule has 0 aromatic carbocycles. The van der Waals surface area contributed by atoms with Crippen molar-refractivity contribution >= 4 is 17.9 Å². The first-order valence-corrected chi connectivity index (χ1v) is 24.0. The molecule has 0 aliphatic rings. The summed E-state index contributed by atoms with van der Waals surface area (Å²) in [6, 6.07) is 0. The van der Waals surface area contributed by atoms with E-state index in [1.165, 1.54) is 32.1 Å². The van der Waals surface area contributed by atoms with Crippen molar-refractivity contribution in [2.45, 2.75) is 200 Å². The molecule has 6 nitrogen and oxygen atoms in total. The molecule has 1 atom stereocenters. The molecule has 0 N–H and O–H groups in total. The van der Waals surface area contributed by atoms with Gasteiger partial charge in [0.1, 0.15) is 13.2 Å². The molecule has 0 radical (unpaired) electrons. The van der Waals surface area contributed by atoms with Crippen LogP contribution in [0.15, 0.2) is 109 Å². The smallest absolute Gasteiger partial charge is 0.306 e. The Morgan fingerprint density at radius 3 is 1.07 bits per heavy atom. The zero-order valence-electron chi connectivity index (χ0n) is 38.4. The zero-order chi connectivity index (χ0) is 43.7. The molecule has 60 heavy (non-hydrogen) atoms. The molecule has 0 aromatic heterocycles. The Balaban J connectivity index is 4.51. The molecule has 0 amide bonds. The fourth-order valence-corrected chi connectivity index (χ4v) is 6.10. The van der Waals surface area contributed by atoms with Crippen molar-refractivity contribution in [3.63, 3.8) is 0 Å². The zero-order valence-corrected chi connectivity index (χ0v) is 38.4. The minimum absolute atomic E-state index is 0.103. The molecular formula is C54H86O6. The molecule has 0 spiro atoms. The van der Waals surface area contributed by atoms with Crippen LogP contribution in [0.2, 0.25) is 0 Å². The van der Waals surface area contributed by atoms with Crippen LogP contribution in [0.25, 0.3) is 0 Å². The molecule has 338 valence electrons. The van der Waals surface area contributed by atoms with Gasteiger partial charge in [-0.1, -0.05) is 201 Å². The molecule has 0 fully saturated rings. The van der Waals surface area contributed by atoms with Crippen molar-refractivity contribution in [2.24, 2.45) is 0 Å². The number of carbonyl (C=O) groups excluding carboxylic acids is 3. The van der Waals surface area contributed by atoms with Gasteiger partial charge in [0.2, 0.25) is 0 Å². The molecule has 0 heterocycles. The summed E-state index contributed by atoms with van der Waals surface area (Å²) in [6.45, 7) is 6.26. The second kappa shape index (κ2) is 47.7. The van der Waals surface area contributed by atoms with Gasteiger partial charge in [0, 0.05) is 19.3 Å². The van der Waals surface area contributed by atoms with Crippen molar-refractivity contribution in [3.05, 3.63) is 109 Å². The van der Waals surface area contributed by atoms with Crippen LogP contribution in [0.4, 0.5) is 0 Å². The molecule has 0 saturated heterocycles. The number of ether oxygens (including phenoxy) is 3. The summed E-state index contributed by atoms with van der Waals surface area (Å²) in [6.07, 6.45) is 63.5. The minimum Gasteiger partial charge on any atom is -0.462 e. The lowest BCUT2D eigenvalue weighted by atomic mass is 10.1. The molecule has 6 heteroatoms. The summed E-state index contributed by atoms with van der Waals surface area (Å²) in [5.74, 6) is -0.968. The van der Waals surface area contributed by atoms with Crippen molar-refractivity contribution in [1.29, 1.82) is 0 Å². The maximum Gasteiger partial charge on any atom is 0.306 e. The van der Waals surface area contributed by atoms with Crippen molar-refractivity contribution in [3.8, 4) is 0 Å². The summed E-state index contributed by atoms with van der Waals surface area (Å²) < 4.78 is 16.7. The minimum atomic E-state index is -0.804. The predicted octanol–water partition coefficient (Wildman–Crippen LogP) is 15.6. The number of allylic oxidation sites excluding steroid dienone is 18. The average Bonchev–Trinajstić information content (AvgIpc) is 3.24. The van der Waals surface area contributed by atoms with Gasteiger partial charge in [-0.3, -0.25) is 14.4 Å². The highest BCUT2D eigenvalue weighted by Gasteiger charge is 2.19. The summed E-state index contributed by atoms with van der Waals surface area (Å²) in [5.41, 5.74) is 0. The van der Waals surface area contributed by atoms with Crippen molar-refractivity contribution in [1.82, 2.24) is 0 Å². The Morgan fingerprint density at radius 2 is 0.667 bits per heavy atom. The Hall–Kier alpha value is -3.93. The van der Waals surface area contributed by atoms with Gasteiger partial charge in [0.15, 0.2) is 6.10 Å². The summed E-state index contributed by atoms with van der Waals surface area (Å²) in [4.78, 5) is 37.9. The second-order valence-electron chi connectivity index (χ2n) is 15.4. The Bertz CT molecular complexity index is 1280. The molecule has 1 unspecified atom stereocenters. The van der Waals surface area contributed by atoms with Gasteiger partial charge in [-0.15, -0.1) is 0 Å². The van der Waals surface area contributed by atoms with Crippen LogP contribution in [0.5, 0.6) is 0 Å². The Morgan fingerprint density at radius 1 is 0.350 bits per heavy atom. The first-order chi connectivity index (χ1) is 29.5. The predicted molar refractivity (Wildman–Crippen MR) is 256 cm³/mol. The number of hydrogen-bond donors (Lipinski definition) is 0. The number of carbonyl (C=O) groups is 3. The van der Waals surface area contributed by atoms with Gasteiger partial charge in [-0.2, -0.15) is 0 Å². The molecule has 0 aliphatic carbocycles. The van der Waals surface area contributed by atoms with Crippen molar-refractivity contribution in [2.75, 3.05) is 13.2 Å². The first kappa shape index (κ1) is 56.1. The van der Waals surface area contributed by atoms with E-state index in [1.807, 2.05) is 48.6 Å². The largest absolute Gasteiger partial charge is 0.462 e. The quantitative estimate of drug-likeness (QED) is 0.0201. The Labute approximate surface area is 368 Å². The fourth-order valence-electron chi connectivity index (χ4n) is 6.10. The molecule has 0 aromatic rings. The average molecular weight is 831 g/mol. The molecule has 0 bridgehead atoms. The fraction of sp³-hybridized carbons (Fsp3) is 0.611. The SMILES string of the molecule is CC\C=C/C=C\C=C/C=C\CCCCCCCC(=O)OCC(COC(=O)CCCCCCC/C=C\CCCCC)OC(=O)CCCCCCC\C=C/C=C\C=C/C=C\CC. The van der Waals surface area contributed by atoms with Crippen LogP contribution in [-0.2, 0) is 28.6 Å². The van der Waals surface area contributed by atoms with Gasteiger partial charge >= 0.3 is 17.9 Å². The number of rotatable bonds is 41. The van der Waals surface area contributed by atoms with E-state index in [2.05, 4.69) is 81.5 Å². The monoisotopic (exact) mass is 831 g/mol. The second-order valence-corrected chi connectivity index (χ2v) is 15.4. The van der Waals surface area contributed by atoms with E-state index in [-0.39, 0.29) is 31.1 Å². The van der Waals surface area contributed by atoms with E-state index in [4.69, 9.17) is 14.2 Å². The summed E-state index contributed by atoms with van der Waals surface area (Å²) >= 11 is 0. The lowest BCUT2D eigenvalue weighted by molar-refractivity contribution is -0.167. The molecule has 0 aliphatic heterocycles. The van der Waals surface area contributed by atoms with Crippen molar-refractivity contribution < 1.29 is 28.6 Å². The Kier molecular flexibility index (Phi) is 44.6. The van der Waals surface area contributed by atoms with Crippen LogP contribution in [0, 0.1) is 0 Å². The van der Waals surface area contributed by atoms with Gasteiger partial charge < -0.3 is 14.2 Å². The standard InChI is InChI=1S/C54H86O6/c1-4-7-10-13-16-19-22-25-27-29-32-35-38-41-44-47-53(56)59-50-51(49-58-52(55)46-43-40-37-34-31-24-21-18-15-12-9-6-3)60-54(57)48-45-42-39-36-33-30-28-26-23-20-17-14-11-8-5-2/h7-8,10-11,13-14,16-23,25-28,51H,4-6,9,12,15,24,29-50H2,1-3H3/b10-7-,11-8-,16-13-,17-14-,21-18-,22-19-,23-20-,27-25-,28-26-. The molecule has 0 rings (SSSR count). The third-order valence-corrected chi connectivity index (χ3v) is 9.68. The van der Waals surface area contributed by atoms with E-state index in [9.17, 15) is 14.4 Å². The van der Waals surface area contributed by atoms with E-state index in [0.717, 1.165) is 122 Å². The van der Waals surface area contributed by atoms with Gasteiger partial charge in [0.25, 0.3) is 0 Å². The van der Waals surface area contributed by atoms with E-state index in [0.29, 0.717) is 19.3 Å². The molecular weight excluding hydrogens is 745 g/mol. The van der Waals surface area contributed by atoms with E-state index in [1.54, 1.807) is 0 Å². The summed E-state index contributed by atoms with van der Waals surface area (Å²) in [7, 11) is 0. The van der Waals surface area contributed by atoms with Crippen LogP contribution < -0.4 is 0 Å². The highest BCUT2D eigenvalue weighted by molar-refractivity contribution is 5.71. The highest BCUT2D eigenvalue weighted by Crippen LogP contribution is 2.13. The van der Waals surface area contributed by atoms with Crippen LogP contribution >= 0.6 is 0 Å². The van der Waals surface area contributed by atoms with E-state index >= 15 is 0 Å². The number of hydrogen-bond acceptors (Lipinski definition) is 6. The van der Waals surface area contributed by atoms with Crippen LogP contribution in [0.3, 0.4) is 0 Å². The third kappa shape index (κ3) is 45.2. The van der Waals surface area contributed by atoms with Gasteiger partial charge in [-0.25, -0.2) is 0 Å².